The predicted molar refractivity (Wildman–Crippen MR) is 71.6 cm³/mol. The van der Waals surface area contributed by atoms with Crippen molar-refractivity contribution in [1.82, 2.24) is 10.2 Å². The van der Waals surface area contributed by atoms with Crippen LogP contribution in [0.4, 0.5) is 4.79 Å². The Labute approximate surface area is 112 Å². The SMILES string of the molecule is O=C(NCC1CC1)N1CC[C@H]1c1ccc(Cl)cc1. The van der Waals surface area contributed by atoms with Crippen LogP contribution >= 0.6 is 11.6 Å². The van der Waals surface area contributed by atoms with Gasteiger partial charge in [-0.2, -0.15) is 0 Å². The highest BCUT2D eigenvalue weighted by molar-refractivity contribution is 6.30. The summed E-state index contributed by atoms with van der Waals surface area (Å²) in [7, 11) is 0. The number of hydrogen-bond donors (Lipinski definition) is 1. The molecular weight excluding hydrogens is 248 g/mol. The van der Waals surface area contributed by atoms with Crippen LogP contribution in [0.1, 0.15) is 30.9 Å². The molecule has 0 spiro atoms. The maximum atomic E-state index is 12.0. The molecule has 0 unspecified atom stereocenters. The van der Waals surface area contributed by atoms with E-state index in [0.717, 1.165) is 30.5 Å². The van der Waals surface area contributed by atoms with Gasteiger partial charge < -0.3 is 10.2 Å². The van der Waals surface area contributed by atoms with Gasteiger partial charge in [0.15, 0.2) is 0 Å². The molecule has 1 aliphatic heterocycles. The molecule has 3 rings (SSSR count). The maximum Gasteiger partial charge on any atom is 0.317 e. The monoisotopic (exact) mass is 264 g/mol. The normalized spacial score (nSPS) is 22.5. The van der Waals surface area contributed by atoms with Crippen molar-refractivity contribution in [2.45, 2.75) is 25.3 Å². The summed E-state index contributed by atoms with van der Waals surface area (Å²) in [6.45, 7) is 1.69. The van der Waals surface area contributed by atoms with E-state index >= 15 is 0 Å². The van der Waals surface area contributed by atoms with Crippen LogP contribution in [-0.4, -0.2) is 24.0 Å². The molecular formula is C14H17ClN2O. The third kappa shape index (κ3) is 2.46. The van der Waals surface area contributed by atoms with E-state index in [4.69, 9.17) is 11.6 Å². The Morgan fingerprint density at radius 2 is 2.00 bits per heavy atom. The lowest BCUT2D eigenvalue weighted by Gasteiger charge is -2.41. The van der Waals surface area contributed by atoms with Gasteiger partial charge in [0.2, 0.25) is 0 Å². The Morgan fingerprint density at radius 1 is 1.28 bits per heavy atom. The van der Waals surface area contributed by atoms with Gasteiger partial charge in [0.05, 0.1) is 6.04 Å². The topological polar surface area (TPSA) is 32.3 Å². The van der Waals surface area contributed by atoms with Crippen LogP contribution < -0.4 is 5.32 Å². The number of carbonyl (C=O) groups is 1. The van der Waals surface area contributed by atoms with E-state index in [1.807, 2.05) is 29.2 Å². The molecule has 1 aliphatic carbocycles. The Bertz CT molecular complexity index is 442. The number of amides is 2. The Balaban J connectivity index is 1.59. The molecule has 2 aliphatic rings. The van der Waals surface area contributed by atoms with Gasteiger partial charge in [-0.1, -0.05) is 23.7 Å². The number of carbonyl (C=O) groups excluding carboxylic acids is 1. The van der Waals surface area contributed by atoms with Crippen LogP contribution in [0.15, 0.2) is 24.3 Å². The van der Waals surface area contributed by atoms with E-state index in [1.165, 1.54) is 18.4 Å². The fraction of sp³-hybridized carbons (Fsp3) is 0.500. The first kappa shape index (κ1) is 11.8. The van der Waals surface area contributed by atoms with Gasteiger partial charge in [0, 0.05) is 18.1 Å². The zero-order valence-electron chi connectivity index (χ0n) is 10.2. The number of rotatable bonds is 3. The van der Waals surface area contributed by atoms with E-state index in [2.05, 4.69) is 5.32 Å². The molecule has 1 heterocycles. The third-order valence-corrected chi connectivity index (χ3v) is 4.03. The highest BCUT2D eigenvalue weighted by Gasteiger charge is 2.33. The molecule has 1 aromatic rings. The Morgan fingerprint density at radius 3 is 2.56 bits per heavy atom. The maximum absolute atomic E-state index is 12.0. The van der Waals surface area contributed by atoms with Crippen molar-refractivity contribution in [1.29, 1.82) is 0 Å². The lowest BCUT2D eigenvalue weighted by Crippen LogP contribution is -2.50. The number of halogens is 1. The van der Waals surface area contributed by atoms with E-state index in [-0.39, 0.29) is 12.1 Å². The second-order valence-corrected chi connectivity index (χ2v) is 5.62. The van der Waals surface area contributed by atoms with Gasteiger partial charge in [0.25, 0.3) is 0 Å². The van der Waals surface area contributed by atoms with Crippen LogP contribution in [0.25, 0.3) is 0 Å². The molecule has 1 saturated heterocycles. The van der Waals surface area contributed by atoms with Crippen molar-refractivity contribution < 1.29 is 4.79 Å². The summed E-state index contributed by atoms with van der Waals surface area (Å²) in [6.07, 6.45) is 3.57. The molecule has 1 saturated carbocycles. The van der Waals surface area contributed by atoms with E-state index in [9.17, 15) is 4.79 Å². The molecule has 96 valence electrons. The first-order chi connectivity index (χ1) is 8.74. The largest absolute Gasteiger partial charge is 0.338 e. The molecule has 2 amide bonds. The number of hydrogen-bond acceptors (Lipinski definition) is 1. The van der Waals surface area contributed by atoms with Crippen molar-refractivity contribution in [2.24, 2.45) is 5.92 Å². The minimum Gasteiger partial charge on any atom is -0.338 e. The molecule has 1 atom stereocenters. The van der Waals surface area contributed by atoms with Gasteiger partial charge in [0.1, 0.15) is 0 Å². The minimum atomic E-state index is 0.0769. The van der Waals surface area contributed by atoms with Gasteiger partial charge in [-0.05, 0) is 42.9 Å². The van der Waals surface area contributed by atoms with Crippen molar-refractivity contribution in [3.8, 4) is 0 Å². The van der Waals surface area contributed by atoms with E-state index < -0.39 is 0 Å². The second-order valence-electron chi connectivity index (χ2n) is 5.18. The average Bonchev–Trinajstić information content (AvgIpc) is 3.12. The number of benzene rings is 1. The summed E-state index contributed by atoms with van der Waals surface area (Å²) < 4.78 is 0. The highest BCUT2D eigenvalue weighted by atomic mass is 35.5. The van der Waals surface area contributed by atoms with Crippen LogP contribution in [0, 0.1) is 5.92 Å². The van der Waals surface area contributed by atoms with Gasteiger partial charge >= 0.3 is 6.03 Å². The zero-order chi connectivity index (χ0) is 12.5. The standard InChI is InChI=1S/C14H17ClN2O/c15-12-5-3-11(4-6-12)13-7-8-17(13)14(18)16-9-10-1-2-10/h3-6,10,13H,1-2,7-9H2,(H,16,18)/t13-/m0/s1. The van der Waals surface area contributed by atoms with Crippen molar-refractivity contribution in [2.75, 3.05) is 13.1 Å². The molecule has 2 fully saturated rings. The molecule has 1 N–H and O–H groups in total. The second kappa shape index (κ2) is 4.81. The minimum absolute atomic E-state index is 0.0769. The van der Waals surface area contributed by atoms with Gasteiger partial charge in [-0.15, -0.1) is 0 Å². The van der Waals surface area contributed by atoms with Crippen LogP contribution in [-0.2, 0) is 0 Å². The summed E-state index contributed by atoms with van der Waals surface area (Å²) in [5.41, 5.74) is 1.17. The third-order valence-electron chi connectivity index (χ3n) is 3.77. The smallest absolute Gasteiger partial charge is 0.317 e. The lowest BCUT2D eigenvalue weighted by molar-refractivity contribution is 0.115. The van der Waals surface area contributed by atoms with Crippen LogP contribution in [0.2, 0.25) is 5.02 Å². The summed E-state index contributed by atoms with van der Waals surface area (Å²) in [5.74, 6) is 0.726. The Hall–Kier alpha value is -1.22. The Kier molecular flexibility index (Phi) is 3.16. The number of nitrogens with one attached hydrogen (secondary N) is 1. The number of likely N-dealkylation sites (tertiary alicyclic amines) is 1. The van der Waals surface area contributed by atoms with E-state index in [1.54, 1.807) is 0 Å². The fourth-order valence-corrected chi connectivity index (χ4v) is 2.44. The summed E-state index contributed by atoms with van der Waals surface area (Å²) in [6, 6.07) is 8.08. The number of urea groups is 1. The van der Waals surface area contributed by atoms with Crippen LogP contribution in [0.5, 0.6) is 0 Å². The summed E-state index contributed by atoms with van der Waals surface area (Å²) in [4.78, 5) is 13.9. The zero-order valence-corrected chi connectivity index (χ0v) is 11.0. The predicted octanol–water partition coefficient (Wildman–Crippen LogP) is 3.21. The molecule has 1 aromatic carbocycles. The van der Waals surface area contributed by atoms with Crippen molar-refractivity contribution in [3.63, 3.8) is 0 Å². The quantitative estimate of drug-likeness (QED) is 0.893. The average molecular weight is 265 g/mol. The lowest BCUT2D eigenvalue weighted by atomic mass is 9.95. The first-order valence-electron chi connectivity index (χ1n) is 6.54. The van der Waals surface area contributed by atoms with Gasteiger partial charge in [-0.3, -0.25) is 0 Å². The molecule has 3 nitrogen and oxygen atoms in total. The number of nitrogens with zero attached hydrogens (tertiary/aromatic N) is 1. The molecule has 0 bridgehead atoms. The van der Waals surface area contributed by atoms with Crippen molar-refractivity contribution in [3.05, 3.63) is 34.9 Å². The molecule has 4 heteroatoms. The van der Waals surface area contributed by atoms with Gasteiger partial charge in [-0.25, -0.2) is 4.79 Å². The first-order valence-corrected chi connectivity index (χ1v) is 6.92. The van der Waals surface area contributed by atoms with Crippen molar-refractivity contribution >= 4 is 17.6 Å². The molecule has 0 radical (unpaired) electrons. The molecule has 0 aromatic heterocycles. The highest BCUT2D eigenvalue weighted by Crippen LogP contribution is 2.34. The summed E-state index contributed by atoms with van der Waals surface area (Å²) in [5, 5.41) is 3.76. The summed E-state index contributed by atoms with van der Waals surface area (Å²) >= 11 is 5.88. The van der Waals surface area contributed by atoms with E-state index in [0.29, 0.717) is 0 Å². The van der Waals surface area contributed by atoms with Crippen LogP contribution in [0.3, 0.4) is 0 Å². The molecule has 18 heavy (non-hydrogen) atoms. The fourth-order valence-electron chi connectivity index (χ4n) is 2.32.